The molecule has 6 heteroatoms. The van der Waals surface area contributed by atoms with Crippen LogP contribution in [0.2, 0.25) is 0 Å². The molecular formula is C11H11F3N2O. The quantitative estimate of drug-likeness (QED) is 0.771. The second-order valence-electron chi connectivity index (χ2n) is 4.16. The summed E-state index contributed by atoms with van der Waals surface area (Å²) in [6.07, 6.45) is 1.27. The summed E-state index contributed by atoms with van der Waals surface area (Å²) < 4.78 is 38.4. The molecule has 3 nitrogen and oxygen atoms in total. The first-order valence-electron chi connectivity index (χ1n) is 5.18. The number of hydrogen-bond acceptors (Lipinski definition) is 2. The number of carbonyl (C=O) groups is 1. The molecule has 1 aliphatic rings. The fourth-order valence-electron chi connectivity index (χ4n) is 1.74. The molecule has 0 spiro atoms. The van der Waals surface area contributed by atoms with Gasteiger partial charge in [-0.15, -0.1) is 0 Å². The second kappa shape index (κ2) is 4.37. The molecule has 0 saturated heterocycles. The van der Waals surface area contributed by atoms with Crippen LogP contribution in [0, 0.1) is 17.5 Å². The van der Waals surface area contributed by atoms with Crippen molar-refractivity contribution in [2.24, 2.45) is 5.73 Å². The SMILES string of the molecule is NC1CC(NC(=O)c2cc(F)c(F)c(F)c2)C1. The zero-order valence-electron chi connectivity index (χ0n) is 8.84. The Labute approximate surface area is 95.8 Å². The van der Waals surface area contributed by atoms with Crippen molar-refractivity contribution >= 4 is 5.91 Å². The van der Waals surface area contributed by atoms with Crippen molar-refractivity contribution in [3.63, 3.8) is 0 Å². The van der Waals surface area contributed by atoms with Crippen LogP contribution in [0.1, 0.15) is 23.2 Å². The Bertz CT molecular complexity index is 435. The smallest absolute Gasteiger partial charge is 0.251 e. The van der Waals surface area contributed by atoms with Crippen molar-refractivity contribution in [3.8, 4) is 0 Å². The molecule has 1 saturated carbocycles. The van der Waals surface area contributed by atoms with Gasteiger partial charge in [-0.1, -0.05) is 0 Å². The Balaban J connectivity index is 2.09. The molecule has 0 radical (unpaired) electrons. The molecule has 1 fully saturated rings. The Morgan fingerprint density at radius 2 is 1.76 bits per heavy atom. The van der Waals surface area contributed by atoms with Crippen molar-refractivity contribution < 1.29 is 18.0 Å². The number of carbonyl (C=O) groups excluding carboxylic acids is 1. The average molecular weight is 244 g/mol. The molecule has 0 unspecified atom stereocenters. The van der Waals surface area contributed by atoms with Gasteiger partial charge in [-0.25, -0.2) is 13.2 Å². The van der Waals surface area contributed by atoms with Gasteiger partial charge in [0, 0.05) is 17.6 Å². The van der Waals surface area contributed by atoms with Crippen LogP contribution in [0.25, 0.3) is 0 Å². The number of hydrogen-bond donors (Lipinski definition) is 2. The summed E-state index contributed by atoms with van der Waals surface area (Å²) >= 11 is 0. The molecule has 17 heavy (non-hydrogen) atoms. The normalized spacial score (nSPS) is 23.1. The highest BCUT2D eigenvalue weighted by Gasteiger charge is 2.27. The van der Waals surface area contributed by atoms with Crippen molar-refractivity contribution in [2.45, 2.75) is 24.9 Å². The van der Waals surface area contributed by atoms with E-state index in [1.54, 1.807) is 0 Å². The minimum absolute atomic E-state index is 0.0574. The van der Waals surface area contributed by atoms with Crippen LogP contribution in [0.5, 0.6) is 0 Å². The van der Waals surface area contributed by atoms with Crippen molar-refractivity contribution in [1.29, 1.82) is 0 Å². The monoisotopic (exact) mass is 244 g/mol. The summed E-state index contributed by atoms with van der Waals surface area (Å²) in [6.45, 7) is 0. The predicted molar refractivity (Wildman–Crippen MR) is 54.8 cm³/mol. The van der Waals surface area contributed by atoms with E-state index in [4.69, 9.17) is 5.73 Å². The standard InChI is InChI=1S/C11H11F3N2O/c12-8-1-5(2-9(13)10(8)14)11(17)16-7-3-6(15)4-7/h1-2,6-7H,3-4,15H2,(H,16,17). The van der Waals surface area contributed by atoms with E-state index in [1.165, 1.54) is 0 Å². The third kappa shape index (κ3) is 2.41. The van der Waals surface area contributed by atoms with Crippen LogP contribution < -0.4 is 11.1 Å². The number of nitrogens with two attached hydrogens (primary N) is 1. The molecule has 1 aromatic rings. The molecule has 0 bridgehead atoms. The van der Waals surface area contributed by atoms with Gasteiger partial charge < -0.3 is 11.1 Å². The van der Waals surface area contributed by atoms with Gasteiger partial charge in [0.1, 0.15) is 0 Å². The molecular weight excluding hydrogens is 233 g/mol. The summed E-state index contributed by atoms with van der Waals surface area (Å²) in [5.74, 6) is -4.95. The first kappa shape index (κ1) is 11.9. The molecule has 0 atom stereocenters. The van der Waals surface area contributed by atoms with Crippen LogP contribution in [0.4, 0.5) is 13.2 Å². The van der Waals surface area contributed by atoms with Gasteiger partial charge in [0.25, 0.3) is 5.91 Å². The summed E-state index contributed by atoms with van der Waals surface area (Å²) in [6, 6.07) is 1.33. The number of amides is 1. The van der Waals surface area contributed by atoms with E-state index in [1.807, 2.05) is 0 Å². The van der Waals surface area contributed by atoms with E-state index in [0.29, 0.717) is 25.0 Å². The van der Waals surface area contributed by atoms with Gasteiger partial charge in [-0.3, -0.25) is 4.79 Å². The van der Waals surface area contributed by atoms with Crippen molar-refractivity contribution in [3.05, 3.63) is 35.1 Å². The number of rotatable bonds is 2. The number of halogens is 3. The highest BCUT2D eigenvalue weighted by atomic mass is 19.2. The van der Waals surface area contributed by atoms with Crippen LogP contribution in [0.15, 0.2) is 12.1 Å². The van der Waals surface area contributed by atoms with E-state index >= 15 is 0 Å². The average Bonchev–Trinajstić information content (AvgIpc) is 2.23. The van der Waals surface area contributed by atoms with Gasteiger partial charge >= 0.3 is 0 Å². The lowest BCUT2D eigenvalue weighted by atomic mass is 9.87. The maximum atomic E-state index is 12.9. The summed E-state index contributed by atoms with van der Waals surface area (Å²) in [5.41, 5.74) is 5.30. The molecule has 3 N–H and O–H groups in total. The summed E-state index contributed by atoms with van der Waals surface area (Å²) in [7, 11) is 0. The third-order valence-corrected chi connectivity index (χ3v) is 2.76. The highest BCUT2D eigenvalue weighted by Crippen LogP contribution is 2.19. The maximum absolute atomic E-state index is 12.9. The van der Waals surface area contributed by atoms with Crippen LogP contribution in [-0.4, -0.2) is 18.0 Å². The zero-order chi connectivity index (χ0) is 12.6. The Hall–Kier alpha value is -1.56. The molecule has 92 valence electrons. The predicted octanol–water partition coefficient (Wildman–Crippen LogP) is 1.32. The Morgan fingerprint density at radius 3 is 2.24 bits per heavy atom. The Morgan fingerprint density at radius 1 is 1.24 bits per heavy atom. The van der Waals surface area contributed by atoms with Gasteiger partial charge in [-0.2, -0.15) is 0 Å². The lowest BCUT2D eigenvalue weighted by Crippen LogP contribution is -2.50. The topological polar surface area (TPSA) is 55.1 Å². The Kier molecular flexibility index (Phi) is 3.06. The maximum Gasteiger partial charge on any atom is 0.251 e. The van der Waals surface area contributed by atoms with Gasteiger partial charge in [0.15, 0.2) is 17.5 Å². The minimum Gasteiger partial charge on any atom is -0.349 e. The zero-order valence-corrected chi connectivity index (χ0v) is 8.84. The lowest BCUT2D eigenvalue weighted by molar-refractivity contribution is 0.0909. The number of benzene rings is 1. The van der Waals surface area contributed by atoms with Crippen LogP contribution in [-0.2, 0) is 0 Å². The second-order valence-corrected chi connectivity index (χ2v) is 4.16. The number of nitrogens with one attached hydrogen (secondary N) is 1. The fourth-order valence-corrected chi connectivity index (χ4v) is 1.74. The van der Waals surface area contributed by atoms with Gasteiger partial charge in [-0.05, 0) is 25.0 Å². The molecule has 2 rings (SSSR count). The molecule has 1 aliphatic carbocycles. The summed E-state index contributed by atoms with van der Waals surface area (Å²) in [4.78, 5) is 11.6. The largest absolute Gasteiger partial charge is 0.349 e. The van der Waals surface area contributed by atoms with Crippen LogP contribution in [0.3, 0.4) is 0 Å². The first-order chi connectivity index (χ1) is 7.97. The van der Waals surface area contributed by atoms with E-state index in [0.717, 1.165) is 0 Å². The van der Waals surface area contributed by atoms with E-state index in [9.17, 15) is 18.0 Å². The van der Waals surface area contributed by atoms with Gasteiger partial charge in [0.2, 0.25) is 0 Å². The first-order valence-corrected chi connectivity index (χ1v) is 5.18. The molecule has 0 heterocycles. The molecule has 0 aliphatic heterocycles. The fraction of sp³-hybridized carbons (Fsp3) is 0.364. The van der Waals surface area contributed by atoms with E-state index in [2.05, 4.69) is 5.32 Å². The highest BCUT2D eigenvalue weighted by molar-refractivity contribution is 5.94. The minimum atomic E-state index is -1.58. The van der Waals surface area contributed by atoms with Crippen molar-refractivity contribution in [1.82, 2.24) is 5.32 Å². The van der Waals surface area contributed by atoms with Crippen LogP contribution >= 0.6 is 0 Å². The van der Waals surface area contributed by atoms with E-state index < -0.39 is 23.4 Å². The third-order valence-electron chi connectivity index (χ3n) is 2.76. The molecule has 1 aromatic carbocycles. The lowest BCUT2D eigenvalue weighted by Gasteiger charge is -2.32. The molecule has 0 aromatic heterocycles. The van der Waals surface area contributed by atoms with Gasteiger partial charge in [0.05, 0.1) is 0 Å². The van der Waals surface area contributed by atoms with Crippen molar-refractivity contribution in [2.75, 3.05) is 0 Å². The summed E-state index contributed by atoms with van der Waals surface area (Å²) in [5, 5.41) is 2.56. The van der Waals surface area contributed by atoms with E-state index in [-0.39, 0.29) is 17.6 Å². The molecule has 1 amide bonds.